The van der Waals surface area contributed by atoms with Crippen molar-refractivity contribution in [3.63, 3.8) is 0 Å². The van der Waals surface area contributed by atoms with Crippen molar-refractivity contribution in [3.05, 3.63) is 0 Å². The van der Waals surface area contributed by atoms with Crippen LogP contribution in [0, 0.1) is 0 Å². The molecule has 0 saturated carbocycles. The Hall–Kier alpha value is -0.810. The van der Waals surface area contributed by atoms with Gasteiger partial charge in [-0.05, 0) is 32.4 Å². The first kappa shape index (κ1) is 27.2. The molecule has 0 aromatic heterocycles. The molecule has 0 aliphatic heterocycles. The molecule has 0 heterocycles. The normalized spacial score (nSPS) is 12.3. The van der Waals surface area contributed by atoms with Gasteiger partial charge < -0.3 is 19.5 Å². The highest BCUT2D eigenvalue weighted by atomic mass is 16.7. The first-order valence-electron chi connectivity index (χ1n) is 11.8. The van der Waals surface area contributed by atoms with E-state index in [1.54, 1.807) is 0 Å². The van der Waals surface area contributed by atoms with Gasteiger partial charge in [-0.3, -0.25) is 0 Å². The number of nitrogens with zero attached hydrogens (tertiary/aromatic N) is 1. The zero-order chi connectivity index (χ0) is 20.9. The van der Waals surface area contributed by atoms with Crippen LogP contribution in [0.5, 0.6) is 0 Å². The van der Waals surface area contributed by atoms with E-state index in [2.05, 4.69) is 25.7 Å². The summed E-state index contributed by atoms with van der Waals surface area (Å²) >= 11 is 0. The van der Waals surface area contributed by atoms with Gasteiger partial charge in [0, 0.05) is 19.6 Å². The Balaban J connectivity index is 3.71. The van der Waals surface area contributed by atoms with E-state index in [-0.39, 0.29) is 12.7 Å². The Morgan fingerprint density at radius 3 is 1.93 bits per heavy atom. The molecule has 0 unspecified atom stereocenters. The van der Waals surface area contributed by atoms with Crippen LogP contribution in [0.1, 0.15) is 104 Å². The van der Waals surface area contributed by atoms with Crippen molar-refractivity contribution in [2.24, 2.45) is 0 Å². The van der Waals surface area contributed by atoms with Gasteiger partial charge in [0.15, 0.2) is 0 Å². The van der Waals surface area contributed by atoms with E-state index in [0.717, 1.165) is 38.9 Å². The molecular weight excluding hydrogens is 354 g/mol. The van der Waals surface area contributed by atoms with E-state index in [9.17, 15) is 9.90 Å². The Kier molecular flexibility index (Phi) is 20.3. The predicted molar refractivity (Wildman–Crippen MR) is 117 cm³/mol. The summed E-state index contributed by atoms with van der Waals surface area (Å²) in [5.41, 5.74) is 0. The van der Waals surface area contributed by atoms with Gasteiger partial charge in [0.2, 0.25) is 0 Å². The van der Waals surface area contributed by atoms with Crippen LogP contribution < -0.4 is 0 Å². The van der Waals surface area contributed by atoms with Crippen LogP contribution >= 0.6 is 0 Å². The molecular formula is C23H47NO4. The van der Waals surface area contributed by atoms with Gasteiger partial charge in [-0.15, -0.1) is 0 Å². The van der Waals surface area contributed by atoms with Crippen molar-refractivity contribution in [2.75, 3.05) is 32.8 Å². The number of aliphatic hydroxyl groups excluding tert-OH is 1. The highest BCUT2D eigenvalue weighted by Crippen LogP contribution is 2.14. The van der Waals surface area contributed by atoms with Gasteiger partial charge in [0.25, 0.3) is 0 Å². The van der Waals surface area contributed by atoms with Gasteiger partial charge in [0.05, 0.1) is 6.61 Å². The number of aliphatic hydroxyl groups is 1. The maximum absolute atomic E-state index is 11.9. The highest BCUT2D eigenvalue weighted by Gasteiger charge is 2.15. The molecule has 1 N–H and O–H groups in total. The molecule has 0 amide bonds. The smallest absolute Gasteiger partial charge is 0.434 e. The number of unbranched alkanes of at least 4 members (excludes halogenated alkanes) is 9. The number of hydrogen-bond acceptors (Lipinski definition) is 5. The van der Waals surface area contributed by atoms with Crippen molar-refractivity contribution < 1.29 is 19.4 Å². The molecule has 0 aliphatic carbocycles. The van der Waals surface area contributed by atoms with Crippen LogP contribution in [0.15, 0.2) is 0 Å². The molecule has 5 heteroatoms. The summed E-state index contributed by atoms with van der Waals surface area (Å²) in [6.07, 6.45) is 14.2. The Labute approximate surface area is 174 Å². The van der Waals surface area contributed by atoms with Gasteiger partial charge in [0.1, 0.15) is 6.10 Å². The molecule has 0 aromatic rings. The second kappa shape index (κ2) is 20.9. The molecule has 0 spiro atoms. The second-order valence-electron chi connectivity index (χ2n) is 7.70. The summed E-state index contributed by atoms with van der Waals surface area (Å²) < 4.78 is 10.6. The third-order valence-corrected chi connectivity index (χ3v) is 5.33. The lowest BCUT2D eigenvalue weighted by Gasteiger charge is -2.18. The van der Waals surface area contributed by atoms with Crippen LogP contribution in [-0.4, -0.2) is 55.1 Å². The number of rotatable bonds is 20. The highest BCUT2D eigenvalue weighted by molar-refractivity contribution is 5.60. The average Bonchev–Trinajstić information content (AvgIpc) is 2.69. The van der Waals surface area contributed by atoms with Crippen LogP contribution in [0.4, 0.5) is 4.79 Å². The molecule has 0 aromatic carbocycles. The second-order valence-corrected chi connectivity index (χ2v) is 7.70. The van der Waals surface area contributed by atoms with Crippen molar-refractivity contribution in [3.8, 4) is 0 Å². The van der Waals surface area contributed by atoms with E-state index >= 15 is 0 Å². The summed E-state index contributed by atoms with van der Waals surface area (Å²) in [4.78, 5) is 14.2. The monoisotopic (exact) mass is 401 g/mol. The minimum atomic E-state index is -0.593. The fourth-order valence-corrected chi connectivity index (χ4v) is 3.42. The maximum Gasteiger partial charge on any atom is 0.508 e. The molecule has 0 bridgehead atoms. The third-order valence-electron chi connectivity index (χ3n) is 5.33. The Morgan fingerprint density at radius 1 is 0.821 bits per heavy atom. The third kappa shape index (κ3) is 17.3. The van der Waals surface area contributed by atoms with E-state index in [1.165, 1.54) is 57.8 Å². The van der Waals surface area contributed by atoms with Crippen molar-refractivity contribution >= 4 is 6.16 Å². The van der Waals surface area contributed by atoms with Crippen LogP contribution in [-0.2, 0) is 9.47 Å². The predicted octanol–water partition coefficient (Wildman–Crippen LogP) is 5.93. The summed E-state index contributed by atoms with van der Waals surface area (Å²) in [7, 11) is 0. The van der Waals surface area contributed by atoms with Crippen LogP contribution in [0.3, 0.4) is 0 Å². The topological polar surface area (TPSA) is 59.0 Å². The fourth-order valence-electron chi connectivity index (χ4n) is 3.42. The minimum Gasteiger partial charge on any atom is -0.434 e. The van der Waals surface area contributed by atoms with Crippen molar-refractivity contribution in [1.29, 1.82) is 0 Å². The Bertz CT molecular complexity index is 335. The number of ether oxygens (including phenoxy) is 2. The largest absolute Gasteiger partial charge is 0.508 e. The summed E-state index contributed by atoms with van der Waals surface area (Å²) in [6.45, 7) is 9.89. The number of hydrogen-bond donors (Lipinski definition) is 1. The van der Waals surface area contributed by atoms with E-state index in [0.29, 0.717) is 13.0 Å². The van der Waals surface area contributed by atoms with Crippen LogP contribution in [0.2, 0.25) is 0 Å². The van der Waals surface area contributed by atoms with Gasteiger partial charge in [-0.1, -0.05) is 78.6 Å². The lowest BCUT2D eigenvalue weighted by Crippen LogP contribution is -2.26. The first-order valence-corrected chi connectivity index (χ1v) is 11.8. The van der Waals surface area contributed by atoms with E-state index in [4.69, 9.17) is 9.47 Å². The maximum atomic E-state index is 11.9. The lowest BCUT2D eigenvalue weighted by molar-refractivity contribution is 0.0104. The number of carbonyl (C=O) groups excluding carboxylic acids is 1. The molecule has 0 rings (SSSR count). The summed E-state index contributed by atoms with van der Waals surface area (Å²) in [6, 6.07) is 0. The Morgan fingerprint density at radius 2 is 1.39 bits per heavy atom. The first-order chi connectivity index (χ1) is 13.7. The lowest BCUT2D eigenvalue weighted by atomic mass is 10.0. The molecule has 0 radical (unpaired) electrons. The molecule has 28 heavy (non-hydrogen) atoms. The minimum absolute atomic E-state index is 0.0394. The quantitative estimate of drug-likeness (QED) is 0.202. The molecule has 168 valence electrons. The number of carbonyl (C=O) groups is 1. The fraction of sp³-hybridized carbons (Fsp3) is 0.957. The van der Waals surface area contributed by atoms with Crippen LogP contribution in [0.25, 0.3) is 0 Å². The average molecular weight is 402 g/mol. The van der Waals surface area contributed by atoms with Gasteiger partial charge >= 0.3 is 6.16 Å². The zero-order valence-corrected chi connectivity index (χ0v) is 18.9. The SMILES string of the molecule is CCCCCCCCCCCC[C@H](CCO)OC(=O)OCCCN(CC)CC. The standard InChI is InChI=1S/C23H47NO4/c1-4-7-8-9-10-11-12-13-14-15-17-22(18-20-25)28-23(26)27-21-16-19-24(5-2)6-3/h22,25H,4-21H2,1-3H3/t22-/m1/s1. The van der Waals surface area contributed by atoms with E-state index < -0.39 is 6.16 Å². The summed E-state index contributed by atoms with van der Waals surface area (Å²) in [5, 5.41) is 9.20. The van der Waals surface area contributed by atoms with Gasteiger partial charge in [-0.25, -0.2) is 4.79 Å². The van der Waals surface area contributed by atoms with Gasteiger partial charge in [-0.2, -0.15) is 0 Å². The zero-order valence-electron chi connectivity index (χ0n) is 18.9. The van der Waals surface area contributed by atoms with E-state index in [1.807, 2.05) is 0 Å². The van der Waals surface area contributed by atoms with Crippen molar-refractivity contribution in [2.45, 2.75) is 110 Å². The molecule has 0 saturated heterocycles. The molecule has 5 nitrogen and oxygen atoms in total. The molecule has 0 aliphatic rings. The molecule has 0 fully saturated rings. The molecule has 1 atom stereocenters. The summed E-state index contributed by atoms with van der Waals surface area (Å²) in [5.74, 6) is 0. The van der Waals surface area contributed by atoms with Crippen molar-refractivity contribution in [1.82, 2.24) is 4.90 Å².